The topological polar surface area (TPSA) is 44.8 Å². The first-order valence-corrected chi connectivity index (χ1v) is 6.50. The molecule has 0 aromatic heterocycles. The van der Waals surface area contributed by atoms with E-state index >= 15 is 0 Å². The van der Waals surface area contributed by atoms with Crippen LogP contribution in [0.5, 0.6) is 0 Å². The highest BCUT2D eigenvalue weighted by atomic mass is 16.6. The van der Waals surface area contributed by atoms with Crippen molar-refractivity contribution in [1.82, 2.24) is 0 Å². The summed E-state index contributed by atoms with van der Waals surface area (Å²) in [6.07, 6.45) is 6.82. The van der Waals surface area contributed by atoms with E-state index in [1.807, 2.05) is 19.1 Å². The molecule has 3 atom stereocenters. The Kier molecular flexibility index (Phi) is 4.56. The third-order valence-electron chi connectivity index (χ3n) is 3.26. The number of carbonyl (C=O) groups is 1. The summed E-state index contributed by atoms with van der Waals surface area (Å²) >= 11 is 0. The zero-order chi connectivity index (χ0) is 13.8. The van der Waals surface area contributed by atoms with Crippen molar-refractivity contribution in [3.8, 4) is 0 Å². The maximum Gasteiger partial charge on any atom is 0.302 e. The molecule has 4 heteroatoms. The summed E-state index contributed by atoms with van der Waals surface area (Å²) in [6.45, 7) is 8.20. The third kappa shape index (κ3) is 3.78. The summed E-state index contributed by atoms with van der Waals surface area (Å²) in [4.78, 5) is 10.6. The van der Waals surface area contributed by atoms with Crippen molar-refractivity contribution in [2.24, 2.45) is 0 Å². The molecule has 2 heterocycles. The van der Waals surface area contributed by atoms with Gasteiger partial charge in [-0.1, -0.05) is 18.2 Å². The van der Waals surface area contributed by atoms with Crippen LogP contribution in [0.25, 0.3) is 0 Å². The van der Waals surface area contributed by atoms with E-state index in [4.69, 9.17) is 14.2 Å². The molecule has 0 N–H and O–H groups in total. The third-order valence-corrected chi connectivity index (χ3v) is 3.26. The molecule has 0 aromatic carbocycles. The van der Waals surface area contributed by atoms with Crippen molar-refractivity contribution in [2.45, 2.75) is 38.6 Å². The van der Waals surface area contributed by atoms with Gasteiger partial charge in [0.15, 0.2) is 0 Å². The second kappa shape index (κ2) is 6.17. The molecule has 2 aliphatic heterocycles. The van der Waals surface area contributed by atoms with E-state index in [9.17, 15) is 4.79 Å². The molecule has 0 saturated carbocycles. The molecule has 4 nitrogen and oxygen atoms in total. The van der Waals surface area contributed by atoms with E-state index in [1.165, 1.54) is 6.92 Å². The number of esters is 1. The average molecular weight is 264 g/mol. The minimum Gasteiger partial charge on any atom is -0.462 e. The quantitative estimate of drug-likeness (QED) is 0.576. The minimum atomic E-state index is -0.275. The van der Waals surface area contributed by atoms with Gasteiger partial charge < -0.3 is 14.2 Å². The highest BCUT2D eigenvalue weighted by molar-refractivity contribution is 5.65. The first-order valence-electron chi connectivity index (χ1n) is 6.50. The minimum absolute atomic E-state index is 0.00354. The Hall–Kier alpha value is -1.39. The first kappa shape index (κ1) is 14.0. The molecule has 0 amide bonds. The fourth-order valence-corrected chi connectivity index (χ4v) is 2.22. The predicted molar refractivity (Wildman–Crippen MR) is 71.7 cm³/mol. The Labute approximate surface area is 113 Å². The van der Waals surface area contributed by atoms with Crippen LogP contribution in [-0.4, -0.2) is 37.5 Å². The Morgan fingerprint density at radius 3 is 3.05 bits per heavy atom. The van der Waals surface area contributed by atoms with Crippen molar-refractivity contribution >= 4 is 5.97 Å². The Morgan fingerprint density at radius 2 is 2.37 bits per heavy atom. The Morgan fingerprint density at radius 1 is 1.58 bits per heavy atom. The second-order valence-corrected chi connectivity index (χ2v) is 4.93. The SMILES string of the molecule is C=C(C)C1=C[C@@H]2O[C@H](/C=C/COC(C)=O)C[C@@H]2OC1. The van der Waals surface area contributed by atoms with Crippen LogP contribution in [-0.2, 0) is 19.0 Å². The molecule has 1 fully saturated rings. The lowest BCUT2D eigenvalue weighted by molar-refractivity contribution is -0.139. The van der Waals surface area contributed by atoms with Gasteiger partial charge in [0.05, 0.1) is 18.8 Å². The van der Waals surface area contributed by atoms with Gasteiger partial charge in [-0.3, -0.25) is 4.79 Å². The zero-order valence-corrected chi connectivity index (χ0v) is 11.4. The summed E-state index contributed by atoms with van der Waals surface area (Å²) in [7, 11) is 0. The van der Waals surface area contributed by atoms with Crippen LogP contribution in [0, 0.1) is 0 Å². The van der Waals surface area contributed by atoms with Gasteiger partial charge >= 0.3 is 5.97 Å². The van der Waals surface area contributed by atoms with Crippen molar-refractivity contribution in [3.05, 3.63) is 36.0 Å². The van der Waals surface area contributed by atoms with Crippen LogP contribution in [0.1, 0.15) is 20.3 Å². The fraction of sp³-hybridized carbons (Fsp3) is 0.533. The largest absolute Gasteiger partial charge is 0.462 e. The number of ether oxygens (including phenoxy) is 3. The fourth-order valence-electron chi connectivity index (χ4n) is 2.22. The number of carbonyl (C=O) groups excluding carboxylic acids is 1. The maximum atomic E-state index is 10.6. The van der Waals surface area contributed by atoms with Crippen LogP contribution in [0.2, 0.25) is 0 Å². The Bertz CT molecular complexity index is 422. The van der Waals surface area contributed by atoms with Gasteiger partial charge in [-0.15, -0.1) is 0 Å². The lowest BCUT2D eigenvalue weighted by Gasteiger charge is -2.23. The van der Waals surface area contributed by atoms with Crippen LogP contribution in [0.3, 0.4) is 0 Å². The van der Waals surface area contributed by atoms with E-state index in [2.05, 4.69) is 12.7 Å². The number of rotatable bonds is 4. The maximum absolute atomic E-state index is 10.6. The lowest BCUT2D eigenvalue weighted by Crippen LogP contribution is -2.28. The molecule has 0 unspecified atom stereocenters. The summed E-state index contributed by atoms with van der Waals surface area (Å²) in [5.41, 5.74) is 2.14. The molecule has 0 aliphatic carbocycles. The standard InChI is InChI=1S/C15H20O4/c1-10(2)12-7-15-14(18-9-12)8-13(19-15)5-4-6-17-11(3)16/h4-5,7,13-15H,1,6,8-9H2,2-3H3/b5-4+/t13-,14+,15+/m1/s1. The van der Waals surface area contributed by atoms with Gasteiger partial charge in [0.2, 0.25) is 0 Å². The smallest absolute Gasteiger partial charge is 0.302 e. The van der Waals surface area contributed by atoms with Crippen molar-refractivity contribution in [2.75, 3.05) is 13.2 Å². The van der Waals surface area contributed by atoms with Crippen molar-refractivity contribution in [3.63, 3.8) is 0 Å². The van der Waals surface area contributed by atoms with Gasteiger partial charge in [0, 0.05) is 13.3 Å². The van der Waals surface area contributed by atoms with Gasteiger partial charge in [-0.25, -0.2) is 0 Å². The van der Waals surface area contributed by atoms with E-state index in [1.54, 1.807) is 0 Å². The van der Waals surface area contributed by atoms with Gasteiger partial charge in [0.25, 0.3) is 0 Å². The molecule has 2 aliphatic rings. The molecule has 19 heavy (non-hydrogen) atoms. The van der Waals surface area contributed by atoms with E-state index in [0.717, 1.165) is 17.6 Å². The summed E-state index contributed by atoms with van der Waals surface area (Å²) < 4.78 is 16.5. The van der Waals surface area contributed by atoms with Gasteiger partial charge in [-0.05, 0) is 24.6 Å². The van der Waals surface area contributed by atoms with Crippen LogP contribution >= 0.6 is 0 Å². The van der Waals surface area contributed by atoms with Crippen molar-refractivity contribution in [1.29, 1.82) is 0 Å². The summed E-state index contributed by atoms with van der Waals surface area (Å²) in [6, 6.07) is 0. The predicted octanol–water partition coefficient (Wildman–Crippen LogP) is 2.16. The van der Waals surface area contributed by atoms with Crippen LogP contribution < -0.4 is 0 Å². The lowest BCUT2D eigenvalue weighted by atomic mass is 10.0. The first-order chi connectivity index (χ1) is 9.06. The average Bonchev–Trinajstić information content (AvgIpc) is 2.75. The van der Waals surface area contributed by atoms with Crippen molar-refractivity contribution < 1.29 is 19.0 Å². The van der Waals surface area contributed by atoms with Crippen LogP contribution in [0.15, 0.2) is 36.0 Å². The molecule has 2 rings (SSSR count). The number of fused-ring (bicyclic) bond motifs is 1. The summed E-state index contributed by atoms with van der Waals surface area (Å²) in [5, 5.41) is 0. The zero-order valence-electron chi connectivity index (χ0n) is 11.4. The summed E-state index contributed by atoms with van der Waals surface area (Å²) in [5.74, 6) is -0.275. The van der Waals surface area contributed by atoms with E-state index in [-0.39, 0.29) is 30.9 Å². The van der Waals surface area contributed by atoms with E-state index in [0.29, 0.717) is 6.61 Å². The monoisotopic (exact) mass is 264 g/mol. The molecule has 1 saturated heterocycles. The molecule has 0 aromatic rings. The molecular weight excluding hydrogens is 244 g/mol. The molecular formula is C15H20O4. The molecule has 0 spiro atoms. The van der Waals surface area contributed by atoms with Crippen LogP contribution in [0.4, 0.5) is 0 Å². The molecule has 0 bridgehead atoms. The number of hydrogen-bond donors (Lipinski definition) is 0. The number of hydrogen-bond acceptors (Lipinski definition) is 4. The van der Waals surface area contributed by atoms with E-state index < -0.39 is 0 Å². The van der Waals surface area contributed by atoms with Gasteiger partial charge in [0.1, 0.15) is 12.7 Å². The normalized spacial score (nSPS) is 30.0. The molecule has 0 radical (unpaired) electrons. The second-order valence-electron chi connectivity index (χ2n) is 4.93. The Balaban J connectivity index is 1.86. The highest BCUT2D eigenvalue weighted by Gasteiger charge is 2.36. The van der Waals surface area contributed by atoms with Gasteiger partial charge in [-0.2, -0.15) is 0 Å². The highest BCUT2D eigenvalue weighted by Crippen LogP contribution is 2.30. The molecule has 104 valence electrons.